The van der Waals surface area contributed by atoms with Gasteiger partial charge in [0.1, 0.15) is 5.76 Å². The number of hydrogen-bond donors (Lipinski definition) is 1. The maximum absolute atomic E-state index is 5.35. The maximum Gasteiger partial charge on any atom is 0.216 e. The van der Waals surface area contributed by atoms with E-state index >= 15 is 0 Å². The van der Waals surface area contributed by atoms with Crippen LogP contribution in [0.1, 0.15) is 12.7 Å². The van der Waals surface area contributed by atoms with Gasteiger partial charge in [0, 0.05) is 5.56 Å². The number of methoxy groups -OCH3 is 2. The molecule has 0 fully saturated rings. The van der Waals surface area contributed by atoms with E-state index in [1.54, 1.807) is 31.4 Å². The largest absolute Gasteiger partial charge is 0.493 e. The van der Waals surface area contributed by atoms with Crippen LogP contribution < -0.4 is 9.47 Å². The van der Waals surface area contributed by atoms with Crippen LogP contribution in [0.5, 0.6) is 11.5 Å². The highest BCUT2D eigenvalue weighted by Crippen LogP contribution is 2.31. The Kier molecular flexibility index (Phi) is 5.33. The number of ether oxygens (including phenoxy) is 2. The van der Waals surface area contributed by atoms with Crippen molar-refractivity contribution in [1.82, 2.24) is 14.9 Å². The third-order valence-corrected chi connectivity index (χ3v) is 3.85. The van der Waals surface area contributed by atoms with Gasteiger partial charge in [-0.1, -0.05) is 0 Å². The number of aromatic amines is 1. The van der Waals surface area contributed by atoms with Gasteiger partial charge in [0.15, 0.2) is 17.3 Å². The van der Waals surface area contributed by atoms with Crippen molar-refractivity contribution in [1.29, 1.82) is 0 Å². The van der Waals surface area contributed by atoms with Crippen molar-refractivity contribution >= 4 is 24.5 Å². The molecule has 0 aliphatic carbocycles. The molecule has 0 radical (unpaired) electrons. The molecule has 0 saturated carbocycles. The van der Waals surface area contributed by atoms with Crippen molar-refractivity contribution in [3.8, 4) is 22.9 Å². The van der Waals surface area contributed by atoms with Crippen molar-refractivity contribution in [3.63, 3.8) is 0 Å². The van der Waals surface area contributed by atoms with Gasteiger partial charge in [-0.15, -0.1) is 0 Å². The van der Waals surface area contributed by atoms with Crippen molar-refractivity contribution in [2.24, 2.45) is 5.10 Å². The number of furan rings is 1. The van der Waals surface area contributed by atoms with Gasteiger partial charge in [0.25, 0.3) is 0 Å². The summed E-state index contributed by atoms with van der Waals surface area (Å²) in [5.74, 6) is 2.56. The van der Waals surface area contributed by atoms with Gasteiger partial charge in [-0.3, -0.25) is 0 Å². The molecule has 0 spiro atoms. The van der Waals surface area contributed by atoms with E-state index in [-0.39, 0.29) is 0 Å². The molecule has 3 rings (SSSR count). The van der Waals surface area contributed by atoms with Gasteiger partial charge in [-0.25, -0.2) is 5.10 Å². The summed E-state index contributed by atoms with van der Waals surface area (Å²) in [6.07, 6.45) is 5.19. The highest BCUT2D eigenvalue weighted by molar-refractivity contribution is 7.71. The summed E-state index contributed by atoms with van der Waals surface area (Å²) < 4.78 is 17.8. The molecule has 7 nitrogen and oxygen atoms in total. The van der Waals surface area contributed by atoms with Crippen LogP contribution in [0.4, 0.5) is 0 Å². The summed E-state index contributed by atoms with van der Waals surface area (Å²) >= 11 is 5.29. The minimum Gasteiger partial charge on any atom is -0.493 e. The van der Waals surface area contributed by atoms with Crippen LogP contribution in [0.15, 0.2) is 51.7 Å². The molecule has 0 atom stereocenters. The number of nitrogens with one attached hydrogen (secondary N) is 1. The van der Waals surface area contributed by atoms with E-state index in [0.29, 0.717) is 22.1 Å². The molecule has 0 aliphatic heterocycles. The zero-order chi connectivity index (χ0) is 18.5. The first kappa shape index (κ1) is 17.7. The van der Waals surface area contributed by atoms with Crippen LogP contribution >= 0.6 is 12.2 Å². The van der Waals surface area contributed by atoms with E-state index in [9.17, 15) is 0 Å². The first-order chi connectivity index (χ1) is 12.6. The number of allylic oxidation sites excluding steroid dienone is 1. The minimum absolute atomic E-state index is 0.386. The van der Waals surface area contributed by atoms with E-state index in [1.165, 1.54) is 0 Å². The average Bonchev–Trinajstić information content (AvgIpc) is 3.29. The van der Waals surface area contributed by atoms with Crippen LogP contribution in [-0.2, 0) is 0 Å². The lowest BCUT2D eigenvalue weighted by molar-refractivity contribution is 0.355. The Hall–Kier alpha value is -3.13. The smallest absolute Gasteiger partial charge is 0.216 e. The van der Waals surface area contributed by atoms with Gasteiger partial charge in [-0.05, 0) is 61.1 Å². The molecule has 8 heteroatoms. The van der Waals surface area contributed by atoms with E-state index in [4.69, 9.17) is 26.1 Å². The molecular weight excluding hydrogens is 352 g/mol. The molecule has 0 unspecified atom stereocenters. The Balaban J connectivity index is 1.95. The summed E-state index contributed by atoms with van der Waals surface area (Å²) in [7, 11) is 3.17. The Morgan fingerprint density at radius 1 is 1.27 bits per heavy atom. The molecule has 2 heterocycles. The van der Waals surface area contributed by atoms with Gasteiger partial charge in [0.05, 0.1) is 26.7 Å². The van der Waals surface area contributed by atoms with E-state index in [0.717, 1.165) is 16.9 Å². The van der Waals surface area contributed by atoms with Crippen molar-refractivity contribution in [3.05, 3.63) is 52.7 Å². The molecule has 0 amide bonds. The third kappa shape index (κ3) is 3.75. The Bertz CT molecular complexity index is 1000. The number of aromatic nitrogens is 3. The maximum atomic E-state index is 5.35. The van der Waals surface area contributed by atoms with Crippen molar-refractivity contribution in [2.45, 2.75) is 6.92 Å². The molecule has 2 aromatic heterocycles. The van der Waals surface area contributed by atoms with Crippen molar-refractivity contribution < 1.29 is 13.9 Å². The Morgan fingerprint density at radius 2 is 2.08 bits per heavy atom. The summed E-state index contributed by atoms with van der Waals surface area (Å²) in [6, 6.07) is 9.20. The van der Waals surface area contributed by atoms with Crippen molar-refractivity contribution in [2.75, 3.05) is 14.2 Å². The second kappa shape index (κ2) is 7.83. The lowest BCUT2D eigenvalue weighted by Gasteiger charge is -2.09. The van der Waals surface area contributed by atoms with E-state index < -0.39 is 0 Å². The number of hydrogen-bond acceptors (Lipinski definition) is 6. The van der Waals surface area contributed by atoms with E-state index in [2.05, 4.69) is 15.3 Å². The van der Waals surface area contributed by atoms with E-state index in [1.807, 2.05) is 43.3 Å². The lowest BCUT2D eigenvalue weighted by Crippen LogP contribution is -1.96. The normalized spacial score (nSPS) is 11.9. The average molecular weight is 370 g/mol. The number of rotatable bonds is 6. The highest BCUT2D eigenvalue weighted by atomic mass is 32.1. The molecule has 134 valence electrons. The summed E-state index contributed by atoms with van der Waals surface area (Å²) in [5, 5.41) is 11.5. The second-order valence-corrected chi connectivity index (χ2v) is 5.77. The molecule has 1 N–H and O–H groups in total. The van der Waals surface area contributed by atoms with Crippen LogP contribution in [0.25, 0.3) is 17.5 Å². The van der Waals surface area contributed by atoms with Crippen LogP contribution in [0.2, 0.25) is 0 Å². The first-order valence-electron chi connectivity index (χ1n) is 7.78. The number of nitrogens with zero attached hydrogens (tertiary/aromatic N) is 3. The lowest BCUT2D eigenvalue weighted by atomic mass is 10.2. The molecule has 0 aliphatic rings. The summed E-state index contributed by atoms with van der Waals surface area (Å²) in [4.78, 5) is 0. The number of benzene rings is 1. The molecule has 0 bridgehead atoms. The number of H-pyrrole nitrogens is 1. The predicted octanol–water partition coefficient (Wildman–Crippen LogP) is 4.16. The monoisotopic (exact) mass is 370 g/mol. The zero-order valence-corrected chi connectivity index (χ0v) is 15.4. The van der Waals surface area contributed by atoms with Gasteiger partial charge in [0.2, 0.25) is 4.77 Å². The topological polar surface area (TPSA) is 77.6 Å². The van der Waals surface area contributed by atoms with Crippen LogP contribution in [-0.4, -0.2) is 35.3 Å². The third-order valence-electron chi connectivity index (χ3n) is 3.58. The molecular formula is C18H18N4O3S. The standard InChI is InChI=1S/C18H18N4O3S/c1-12(9-14-5-4-8-25-14)11-19-22-17(20-21-18(22)26)13-6-7-15(23-2)16(10-13)24-3/h4-11H,1-3H3,(H,21,26)/b12-9+,19-11+. The molecule has 0 saturated heterocycles. The fraction of sp³-hybridized carbons (Fsp3) is 0.167. The molecule has 3 aromatic rings. The molecule has 1 aromatic carbocycles. The predicted molar refractivity (Wildman–Crippen MR) is 102 cm³/mol. The van der Waals surface area contributed by atoms with Gasteiger partial charge in [-0.2, -0.15) is 14.9 Å². The summed E-state index contributed by atoms with van der Waals surface area (Å²) in [6.45, 7) is 1.92. The quantitative estimate of drug-likeness (QED) is 0.521. The summed E-state index contributed by atoms with van der Waals surface area (Å²) in [5.41, 5.74) is 1.70. The fourth-order valence-electron chi connectivity index (χ4n) is 2.34. The molecule has 26 heavy (non-hydrogen) atoms. The zero-order valence-electron chi connectivity index (χ0n) is 14.6. The fourth-order valence-corrected chi connectivity index (χ4v) is 2.52. The Morgan fingerprint density at radius 3 is 2.77 bits per heavy atom. The Labute approximate surface area is 155 Å². The first-order valence-corrected chi connectivity index (χ1v) is 8.19. The van der Waals surface area contributed by atoms with Gasteiger partial charge < -0.3 is 13.9 Å². The van der Waals surface area contributed by atoms with Crippen LogP contribution in [0.3, 0.4) is 0 Å². The highest BCUT2D eigenvalue weighted by Gasteiger charge is 2.12. The minimum atomic E-state index is 0.386. The van der Waals surface area contributed by atoms with Gasteiger partial charge >= 0.3 is 0 Å². The second-order valence-electron chi connectivity index (χ2n) is 5.38. The SMILES string of the molecule is COc1ccc(-c2n[nH]c(=S)n2/N=C/C(C)=C/c2ccco2)cc1OC. The van der Waals surface area contributed by atoms with Crippen LogP contribution in [0, 0.1) is 4.77 Å².